The Hall–Kier alpha value is -2.58. The van der Waals surface area contributed by atoms with Gasteiger partial charge in [-0.25, -0.2) is 4.79 Å². The molecule has 0 fully saturated rings. The predicted molar refractivity (Wildman–Crippen MR) is 127 cm³/mol. The van der Waals surface area contributed by atoms with Gasteiger partial charge in [-0.05, 0) is 46.5 Å². The smallest absolute Gasteiger partial charge is 0.349 e. The van der Waals surface area contributed by atoms with E-state index < -0.39 is 11.2 Å². The molecule has 0 atom stereocenters. The summed E-state index contributed by atoms with van der Waals surface area (Å²) in [5, 5.41) is 4.77. The lowest BCUT2D eigenvalue weighted by Gasteiger charge is -2.22. The van der Waals surface area contributed by atoms with E-state index in [0.29, 0.717) is 50.7 Å². The molecule has 7 nitrogen and oxygen atoms in total. The minimum Gasteiger partial charge on any atom is -0.490 e. The van der Waals surface area contributed by atoms with Gasteiger partial charge in [0.1, 0.15) is 5.02 Å². The number of fused-ring (bicyclic) bond motifs is 1. The predicted octanol–water partition coefficient (Wildman–Crippen LogP) is 4.81. The molecule has 9 heteroatoms. The van der Waals surface area contributed by atoms with E-state index in [1.54, 1.807) is 30.3 Å². The molecule has 0 aliphatic rings. The second-order valence-electron chi connectivity index (χ2n) is 8.04. The van der Waals surface area contributed by atoms with Crippen LogP contribution in [0, 0.1) is 5.41 Å². The summed E-state index contributed by atoms with van der Waals surface area (Å²) in [6.45, 7) is 8.85. The zero-order valence-electron chi connectivity index (χ0n) is 17.7. The van der Waals surface area contributed by atoms with Crippen LogP contribution < -0.4 is 20.7 Å². The third kappa shape index (κ3) is 5.19. The van der Waals surface area contributed by atoms with E-state index in [1.807, 2.05) is 6.92 Å². The van der Waals surface area contributed by atoms with Gasteiger partial charge >= 0.3 is 5.69 Å². The number of halogens is 2. The molecule has 31 heavy (non-hydrogen) atoms. The summed E-state index contributed by atoms with van der Waals surface area (Å²) in [6.07, 6.45) is 1.37. The van der Waals surface area contributed by atoms with E-state index in [0.717, 1.165) is 4.68 Å². The van der Waals surface area contributed by atoms with Crippen molar-refractivity contribution in [1.82, 2.24) is 9.66 Å². The summed E-state index contributed by atoms with van der Waals surface area (Å²) in [4.78, 5) is 27.7. The lowest BCUT2D eigenvalue weighted by Crippen LogP contribution is -2.32. The van der Waals surface area contributed by atoms with E-state index in [2.05, 4.69) is 46.8 Å². The summed E-state index contributed by atoms with van der Waals surface area (Å²) in [5.74, 6) is 0.865. The van der Waals surface area contributed by atoms with Gasteiger partial charge in [-0.3, -0.25) is 4.79 Å². The van der Waals surface area contributed by atoms with Crippen LogP contribution in [0.3, 0.4) is 0 Å². The maximum absolute atomic E-state index is 12.7. The molecule has 0 aliphatic heterocycles. The molecule has 0 saturated heterocycles. The Labute approximate surface area is 192 Å². The van der Waals surface area contributed by atoms with Crippen molar-refractivity contribution in [1.29, 1.82) is 0 Å². The van der Waals surface area contributed by atoms with E-state index >= 15 is 0 Å². The van der Waals surface area contributed by atoms with Gasteiger partial charge in [-0.2, -0.15) is 5.10 Å². The van der Waals surface area contributed by atoms with Crippen molar-refractivity contribution < 1.29 is 9.47 Å². The Morgan fingerprint density at radius 1 is 1.23 bits per heavy atom. The summed E-state index contributed by atoms with van der Waals surface area (Å²) < 4.78 is 12.9. The summed E-state index contributed by atoms with van der Waals surface area (Å²) >= 11 is 10.00. The molecule has 2 aromatic carbocycles. The second-order valence-corrected chi connectivity index (χ2v) is 9.21. The van der Waals surface area contributed by atoms with Crippen LogP contribution in [0.2, 0.25) is 5.02 Å². The molecule has 0 radical (unpaired) electrons. The number of aromatic amines is 1. The van der Waals surface area contributed by atoms with Gasteiger partial charge in [0.05, 0.1) is 30.3 Å². The number of H-pyrrole nitrogens is 1. The van der Waals surface area contributed by atoms with Crippen LogP contribution in [0.4, 0.5) is 0 Å². The van der Waals surface area contributed by atoms with Gasteiger partial charge in [0.25, 0.3) is 5.56 Å². The number of nitrogens with one attached hydrogen (secondary N) is 1. The number of hydrogen-bond donors (Lipinski definition) is 1. The largest absolute Gasteiger partial charge is 0.490 e. The highest BCUT2D eigenvalue weighted by Crippen LogP contribution is 2.42. The van der Waals surface area contributed by atoms with Crippen molar-refractivity contribution in [2.75, 3.05) is 13.2 Å². The summed E-state index contributed by atoms with van der Waals surface area (Å²) in [5.41, 5.74) is -0.258. The first kappa shape index (κ1) is 23.1. The number of rotatable bonds is 6. The van der Waals surface area contributed by atoms with Crippen LogP contribution in [0.25, 0.3) is 10.9 Å². The van der Waals surface area contributed by atoms with Crippen molar-refractivity contribution in [3.8, 4) is 11.5 Å². The monoisotopic (exact) mass is 507 g/mol. The molecule has 1 N–H and O–H groups in total. The van der Waals surface area contributed by atoms with Crippen LogP contribution in [0.15, 0.2) is 49.5 Å². The number of benzene rings is 2. The third-order valence-electron chi connectivity index (χ3n) is 4.20. The van der Waals surface area contributed by atoms with Crippen LogP contribution in [-0.4, -0.2) is 29.1 Å². The highest BCUT2D eigenvalue weighted by molar-refractivity contribution is 9.10. The minimum absolute atomic E-state index is 0.0717. The molecule has 1 aromatic heterocycles. The van der Waals surface area contributed by atoms with E-state index in [1.165, 1.54) is 6.21 Å². The molecular weight excluding hydrogens is 486 g/mol. The van der Waals surface area contributed by atoms with Crippen molar-refractivity contribution in [2.24, 2.45) is 10.5 Å². The van der Waals surface area contributed by atoms with Gasteiger partial charge in [-0.15, -0.1) is 4.68 Å². The first-order valence-electron chi connectivity index (χ1n) is 9.68. The first-order valence-corrected chi connectivity index (χ1v) is 10.9. The third-order valence-corrected chi connectivity index (χ3v) is 5.64. The molecule has 164 valence electrons. The first-order chi connectivity index (χ1) is 14.6. The van der Waals surface area contributed by atoms with Crippen molar-refractivity contribution >= 4 is 44.6 Å². The van der Waals surface area contributed by atoms with E-state index in [9.17, 15) is 9.59 Å². The van der Waals surface area contributed by atoms with Gasteiger partial charge in [0, 0.05) is 10.0 Å². The molecule has 0 bridgehead atoms. The number of ether oxygens (including phenoxy) is 2. The molecule has 0 spiro atoms. The van der Waals surface area contributed by atoms with Crippen molar-refractivity contribution in [3.63, 3.8) is 0 Å². The van der Waals surface area contributed by atoms with Crippen molar-refractivity contribution in [2.45, 2.75) is 27.7 Å². The average molecular weight is 509 g/mol. The quantitative estimate of drug-likeness (QED) is 0.484. The Bertz CT molecular complexity index is 1260. The highest BCUT2D eigenvalue weighted by Gasteiger charge is 2.20. The van der Waals surface area contributed by atoms with Gasteiger partial charge in [0.2, 0.25) is 0 Å². The Morgan fingerprint density at radius 2 is 1.94 bits per heavy atom. The fourth-order valence-corrected chi connectivity index (χ4v) is 3.42. The van der Waals surface area contributed by atoms with Crippen LogP contribution >= 0.6 is 27.5 Å². The van der Waals surface area contributed by atoms with Crippen molar-refractivity contribution in [3.05, 3.63) is 66.2 Å². The maximum atomic E-state index is 12.7. The van der Waals surface area contributed by atoms with E-state index in [4.69, 9.17) is 21.1 Å². The number of aromatic nitrogens is 2. The molecule has 0 aliphatic carbocycles. The Kier molecular flexibility index (Phi) is 6.91. The maximum Gasteiger partial charge on any atom is 0.349 e. The minimum atomic E-state index is -0.641. The Balaban J connectivity index is 2.06. The SMILES string of the molecule is CCOc1cc(C=Nn2c(=O)[nH]c3ccccc3c2=O)c(Br)c(Cl)c1OCC(C)(C)C. The zero-order valence-corrected chi connectivity index (χ0v) is 20.0. The molecule has 3 rings (SSSR count). The van der Waals surface area contributed by atoms with Crippen LogP contribution in [-0.2, 0) is 0 Å². The fraction of sp³-hybridized carbons (Fsp3) is 0.318. The van der Waals surface area contributed by atoms with Gasteiger partial charge in [-0.1, -0.05) is 44.5 Å². The lowest BCUT2D eigenvalue weighted by atomic mass is 9.99. The normalized spacial score (nSPS) is 11.9. The lowest BCUT2D eigenvalue weighted by molar-refractivity contribution is 0.188. The Morgan fingerprint density at radius 3 is 2.61 bits per heavy atom. The number of para-hydroxylation sites is 1. The van der Waals surface area contributed by atoms with Gasteiger partial charge < -0.3 is 14.5 Å². The van der Waals surface area contributed by atoms with E-state index in [-0.39, 0.29) is 5.41 Å². The molecule has 0 amide bonds. The molecule has 0 saturated carbocycles. The second kappa shape index (κ2) is 9.28. The molecular formula is C22H23BrClN3O4. The van der Waals surface area contributed by atoms with Crippen LogP contribution in [0.1, 0.15) is 33.3 Å². The topological polar surface area (TPSA) is 85.7 Å². The average Bonchev–Trinajstić information content (AvgIpc) is 2.70. The summed E-state index contributed by atoms with van der Waals surface area (Å²) in [7, 11) is 0. The van der Waals surface area contributed by atoms with Gasteiger partial charge in [0.15, 0.2) is 11.5 Å². The number of hydrogen-bond acceptors (Lipinski definition) is 5. The summed E-state index contributed by atoms with van der Waals surface area (Å²) in [6, 6.07) is 8.44. The zero-order chi connectivity index (χ0) is 22.8. The number of nitrogens with zero attached hydrogens (tertiary/aromatic N) is 2. The standard InChI is InChI=1S/C22H23BrClN3O4/c1-5-30-16-10-13(17(23)18(24)19(16)31-12-22(2,3)4)11-25-27-20(28)14-8-6-7-9-15(14)26-21(27)29/h6-11H,5,12H2,1-4H3,(H,26,29). The molecule has 3 aromatic rings. The molecule has 1 heterocycles. The van der Waals surface area contributed by atoms with Crippen LogP contribution in [0.5, 0.6) is 11.5 Å². The fourth-order valence-electron chi connectivity index (χ4n) is 2.76. The highest BCUT2D eigenvalue weighted by atomic mass is 79.9. The molecule has 0 unspecified atom stereocenters.